The maximum atomic E-state index is 14.3. The molecular weight excluding hydrogens is 447 g/mol. The third-order valence-electron chi connectivity index (χ3n) is 6.33. The molecule has 7 nitrogen and oxygen atoms in total. The standard InChI is InChI=1S/C24H22ClFN4O3/c1-13-10-28(12-27-13)20-4-5-21-24(32)30(14(2)6-7-29(21)23(20)31)15(3)18-11-33-22-17(18)8-16(25)9-19(22)26/h4-5,8-12,14-15H,6-7H2,1-3H3. The molecule has 3 aromatic heterocycles. The molecule has 4 heterocycles. The summed E-state index contributed by atoms with van der Waals surface area (Å²) in [5.41, 5.74) is 2.06. The Kier molecular flexibility index (Phi) is 5.12. The van der Waals surface area contributed by atoms with E-state index >= 15 is 0 Å². The van der Waals surface area contributed by atoms with Crippen LogP contribution in [0.25, 0.3) is 16.7 Å². The van der Waals surface area contributed by atoms with E-state index < -0.39 is 11.9 Å². The smallest absolute Gasteiger partial charge is 0.275 e. The molecule has 2 atom stereocenters. The number of rotatable bonds is 3. The van der Waals surface area contributed by atoms with Crippen molar-refractivity contribution >= 4 is 28.5 Å². The van der Waals surface area contributed by atoms with Gasteiger partial charge in [0, 0.05) is 34.8 Å². The van der Waals surface area contributed by atoms with Crippen LogP contribution >= 0.6 is 11.6 Å². The van der Waals surface area contributed by atoms with Gasteiger partial charge in [0.25, 0.3) is 11.5 Å². The topological polar surface area (TPSA) is 73.3 Å². The van der Waals surface area contributed by atoms with E-state index in [-0.39, 0.29) is 28.1 Å². The van der Waals surface area contributed by atoms with Crippen LogP contribution in [0.1, 0.15) is 48.1 Å². The van der Waals surface area contributed by atoms with Gasteiger partial charge in [-0.15, -0.1) is 0 Å². The summed E-state index contributed by atoms with van der Waals surface area (Å²) in [5.74, 6) is -0.819. The van der Waals surface area contributed by atoms with Crippen molar-refractivity contribution in [3.8, 4) is 5.69 Å². The van der Waals surface area contributed by atoms with E-state index in [1.54, 1.807) is 40.2 Å². The lowest BCUT2D eigenvalue weighted by atomic mass is 10.0. The summed E-state index contributed by atoms with van der Waals surface area (Å²) in [6.07, 6.45) is 5.41. The molecule has 0 radical (unpaired) electrons. The molecule has 0 saturated heterocycles. The van der Waals surface area contributed by atoms with Gasteiger partial charge in [0.05, 0.1) is 24.3 Å². The normalized spacial score (nSPS) is 17.3. The van der Waals surface area contributed by atoms with Crippen molar-refractivity contribution in [3.63, 3.8) is 0 Å². The number of nitrogens with zero attached hydrogens (tertiary/aromatic N) is 4. The number of pyridine rings is 1. The van der Waals surface area contributed by atoms with Crippen LogP contribution in [0.4, 0.5) is 4.39 Å². The zero-order valence-electron chi connectivity index (χ0n) is 18.4. The molecule has 170 valence electrons. The first-order valence-electron chi connectivity index (χ1n) is 10.7. The Morgan fingerprint density at radius 1 is 1.27 bits per heavy atom. The summed E-state index contributed by atoms with van der Waals surface area (Å²) < 4.78 is 23.0. The van der Waals surface area contributed by atoms with Crippen LogP contribution in [0.3, 0.4) is 0 Å². The average Bonchev–Trinajstić information content (AvgIpc) is 3.35. The molecule has 9 heteroatoms. The molecule has 0 aliphatic carbocycles. The zero-order chi connectivity index (χ0) is 23.4. The van der Waals surface area contributed by atoms with E-state index in [2.05, 4.69) is 4.98 Å². The van der Waals surface area contributed by atoms with Gasteiger partial charge >= 0.3 is 0 Å². The number of aryl methyl sites for hydroxylation is 1. The molecule has 0 N–H and O–H groups in total. The van der Waals surface area contributed by atoms with Crippen molar-refractivity contribution in [2.75, 3.05) is 0 Å². The molecule has 5 rings (SSSR count). The fourth-order valence-electron chi connectivity index (χ4n) is 4.62. The van der Waals surface area contributed by atoms with Gasteiger partial charge < -0.3 is 18.5 Å². The summed E-state index contributed by atoms with van der Waals surface area (Å²) in [5, 5.41) is 0.782. The second kappa shape index (κ2) is 7.88. The molecule has 4 aromatic rings. The number of benzene rings is 1. The quantitative estimate of drug-likeness (QED) is 0.429. The number of imidazole rings is 1. The van der Waals surface area contributed by atoms with Crippen molar-refractivity contribution in [2.45, 2.75) is 45.8 Å². The summed E-state index contributed by atoms with van der Waals surface area (Å²) in [6, 6.07) is 5.57. The number of fused-ring (bicyclic) bond motifs is 2. The third kappa shape index (κ3) is 3.45. The van der Waals surface area contributed by atoms with Crippen LogP contribution < -0.4 is 5.56 Å². The van der Waals surface area contributed by atoms with Gasteiger partial charge in [0.1, 0.15) is 11.4 Å². The van der Waals surface area contributed by atoms with Crippen LogP contribution in [-0.4, -0.2) is 31.0 Å². The van der Waals surface area contributed by atoms with E-state index in [0.717, 1.165) is 5.69 Å². The van der Waals surface area contributed by atoms with Gasteiger partial charge in [-0.05, 0) is 51.5 Å². The maximum absolute atomic E-state index is 14.3. The highest BCUT2D eigenvalue weighted by molar-refractivity contribution is 6.31. The molecule has 2 unspecified atom stereocenters. The Balaban J connectivity index is 1.58. The van der Waals surface area contributed by atoms with Crippen molar-refractivity contribution in [1.29, 1.82) is 0 Å². The monoisotopic (exact) mass is 468 g/mol. The van der Waals surface area contributed by atoms with E-state index in [1.807, 2.05) is 20.8 Å². The lowest BCUT2D eigenvalue weighted by Gasteiger charge is -2.33. The molecule has 1 amide bonds. The zero-order valence-corrected chi connectivity index (χ0v) is 19.1. The van der Waals surface area contributed by atoms with Crippen LogP contribution in [0.5, 0.6) is 0 Å². The first kappa shape index (κ1) is 21.5. The number of amides is 1. The third-order valence-corrected chi connectivity index (χ3v) is 6.55. The highest BCUT2D eigenvalue weighted by atomic mass is 35.5. The number of carbonyl (C=O) groups excluding carboxylic acids is 1. The number of furan rings is 1. The first-order chi connectivity index (χ1) is 15.8. The van der Waals surface area contributed by atoms with E-state index in [4.69, 9.17) is 16.0 Å². The lowest BCUT2D eigenvalue weighted by Crippen LogP contribution is -2.40. The second-order valence-corrected chi connectivity index (χ2v) is 8.90. The Morgan fingerprint density at radius 2 is 2.06 bits per heavy atom. The van der Waals surface area contributed by atoms with Gasteiger partial charge in [-0.3, -0.25) is 9.59 Å². The molecule has 0 spiro atoms. The lowest BCUT2D eigenvalue weighted by molar-refractivity contribution is 0.0609. The Morgan fingerprint density at radius 3 is 2.79 bits per heavy atom. The average molecular weight is 469 g/mol. The minimum absolute atomic E-state index is 0.105. The van der Waals surface area contributed by atoms with E-state index in [1.165, 1.54) is 16.9 Å². The van der Waals surface area contributed by atoms with Crippen LogP contribution in [0, 0.1) is 12.7 Å². The fraction of sp³-hybridized carbons (Fsp3) is 0.292. The molecular formula is C24H22ClFN4O3. The fourth-order valence-corrected chi connectivity index (χ4v) is 4.83. The SMILES string of the molecule is Cc1cn(-c2ccc3n(c2=O)CCC(C)N(C(C)c2coc4c(F)cc(Cl)cc24)C3=O)cn1. The molecule has 0 saturated carbocycles. The van der Waals surface area contributed by atoms with E-state index in [9.17, 15) is 14.0 Å². The molecule has 0 fully saturated rings. The Labute approximate surface area is 194 Å². The molecule has 33 heavy (non-hydrogen) atoms. The van der Waals surface area contributed by atoms with Gasteiger partial charge in [-0.1, -0.05) is 11.6 Å². The summed E-state index contributed by atoms with van der Waals surface area (Å²) in [4.78, 5) is 32.8. The molecule has 1 aliphatic heterocycles. The van der Waals surface area contributed by atoms with Gasteiger partial charge in [0.2, 0.25) is 0 Å². The minimum Gasteiger partial charge on any atom is -0.461 e. The summed E-state index contributed by atoms with van der Waals surface area (Å²) >= 11 is 6.07. The summed E-state index contributed by atoms with van der Waals surface area (Å²) in [7, 11) is 0. The number of hydrogen-bond donors (Lipinski definition) is 0. The predicted octanol–water partition coefficient (Wildman–Crippen LogP) is 4.88. The van der Waals surface area contributed by atoms with Gasteiger partial charge in [-0.2, -0.15) is 0 Å². The minimum atomic E-state index is -0.551. The van der Waals surface area contributed by atoms with Crippen LogP contribution in [0.2, 0.25) is 5.02 Å². The molecule has 0 bridgehead atoms. The van der Waals surface area contributed by atoms with Gasteiger partial charge in [0.15, 0.2) is 11.4 Å². The van der Waals surface area contributed by atoms with Crippen molar-refractivity contribution in [1.82, 2.24) is 19.0 Å². The van der Waals surface area contributed by atoms with Crippen molar-refractivity contribution in [3.05, 3.63) is 81.2 Å². The Bertz CT molecular complexity index is 1450. The highest BCUT2D eigenvalue weighted by Crippen LogP contribution is 2.36. The van der Waals surface area contributed by atoms with Crippen LogP contribution in [0.15, 0.2) is 52.3 Å². The van der Waals surface area contributed by atoms with Crippen molar-refractivity contribution < 1.29 is 13.6 Å². The first-order valence-corrected chi connectivity index (χ1v) is 11.1. The highest BCUT2D eigenvalue weighted by Gasteiger charge is 2.34. The second-order valence-electron chi connectivity index (χ2n) is 8.46. The largest absolute Gasteiger partial charge is 0.461 e. The number of carbonyl (C=O) groups is 1. The number of halogens is 2. The Hall–Kier alpha value is -3.39. The number of aromatic nitrogens is 3. The van der Waals surface area contributed by atoms with Crippen molar-refractivity contribution in [2.24, 2.45) is 0 Å². The maximum Gasteiger partial charge on any atom is 0.275 e. The number of hydrogen-bond acceptors (Lipinski definition) is 4. The molecule has 1 aromatic carbocycles. The van der Waals surface area contributed by atoms with E-state index in [0.29, 0.717) is 35.3 Å². The summed E-state index contributed by atoms with van der Waals surface area (Å²) in [6.45, 7) is 6.06. The molecule has 1 aliphatic rings. The van der Waals surface area contributed by atoms with Crippen LogP contribution in [-0.2, 0) is 6.54 Å². The predicted molar refractivity (Wildman–Crippen MR) is 122 cm³/mol. The van der Waals surface area contributed by atoms with Gasteiger partial charge in [-0.25, -0.2) is 9.37 Å².